The van der Waals surface area contributed by atoms with Crippen LogP contribution in [0.1, 0.15) is 21.0 Å². The predicted octanol–water partition coefficient (Wildman–Crippen LogP) is 4.01. The largest absolute Gasteiger partial charge is 0.352 e. The van der Waals surface area contributed by atoms with Crippen LogP contribution in [0.2, 0.25) is 0 Å². The van der Waals surface area contributed by atoms with E-state index in [0.717, 1.165) is 22.0 Å². The Bertz CT molecular complexity index is 642. The van der Waals surface area contributed by atoms with Crippen molar-refractivity contribution in [1.29, 1.82) is 0 Å². The third kappa shape index (κ3) is 5.85. The van der Waals surface area contributed by atoms with Crippen LogP contribution >= 0.6 is 51.2 Å². The minimum Gasteiger partial charge on any atom is -0.352 e. The van der Waals surface area contributed by atoms with Gasteiger partial charge in [-0.3, -0.25) is 4.99 Å². The molecule has 2 rings (SSSR count). The van der Waals surface area contributed by atoms with Gasteiger partial charge in [0.25, 0.3) is 0 Å². The topological polar surface area (TPSA) is 49.3 Å². The zero-order valence-corrected chi connectivity index (χ0v) is 17.5. The van der Waals surface area contributed by atoms with Gasteiger partial charge in [0.2, 0.25) is 0 Å². The summed E-state index contributed by atoms with van der Waals surface area (Å²) < 4.78 is 1.10. The van der Waals surface area contributed by atoms with Crippen molar-refractivity contribution in [3.63, 3.8) is 0 Å². The Hall–Kier alpha value is -0.670. The Morgan fingerprint density at radius 2 is 2.00 bits per heavy atom. The fourth-order valence-corrected chi connectivity index (χ4v) is 3.10. The van der Waals surface area contributed by atoms with Crippen molar-refractivity contribution in [2.75, 3.05) is 7.05 Å². The van der Waals surface area contributed by atoms with Gasteiger partial charge in [0.15, 0.2) is 5.96 Å². The molecular formula is C15H20BrIN4S. The maximum atomic E-state index is 4.33. The molecule has 2 N–H and O–H groups in total. The maximum Gasteiger partial charge on any atom is 0.191 e. The molecule has 0 amide bonds. The summed E-state index contributed by atoms with van der Waals surface area (Å²) in [4.78, 5) is 9.79. The number of nitrogens with zero attached hydrogens (tertiary/aromatic N) is 2. The average molecular weight is 495 g/mol. The van der Waals surface area contributed by atoms with Crippen LogP contribution in [0.4, 0.5) is 0 Å². The van der Waals surface area contributed by atoms with E-state index in [1.165, 1.54) is 16.0 Å². The maximum absolute atomic E-state index is 4.33. The van der Waals surface area contributed by atoms with E-state index in [-0.39, 0.29) is 24.0 Å². The second kappa shape index (κ2) is 9.46. The lowest BCUT2D eigenvalue weighted by molar-refractivity contribution is 0.802. The monoisotopic (exact) mass is 494 g/mol. The van der Waals surface area contributed by atoms with Crippen LogP contribution in [0.15, 0.2) is 33.9 Å². The molecule has 0 atom stereocenters. The summed E-state index contributed by atoms with van der Waals surface area (Å²) in [7, 11) is 1.77. The number of aliphatic imine (C=N–C) groups is 1. The van der Waals surface area contributed by atoms with Crippen LogP contribution < -0.4 is 10.6 Å². The van der Waals surface area contributed by atoms with E-state index in [9.17, 15) is 0 Å². The van der Waals surface area contributed by atoms with E-state index >= 15 is 0 Å². The van der Waals surface area contributed by atoms with Gasteiger partial charge in [-0.1, -0.05) is 22.0 Å². The number of aromatic nitrogens is 1. The molecule has 0 saturated carbocycles. The molecule has 2 aromatic rings. The second-order valence-corrected chi connectivity index (χ2v) is 6.95. The van der Waals surface area contributed by atoms with Crippen molar-refractivity contribution in [2.24, 2.45) is 4.99 Å². The van der Waals surface area contributed by atoms with Gasteiger partial charge in [0, 0.05) is 29.1 Å². The highest BCUT2D eigenvalue weighted by Gasteiger charge is 2.03. The smallest absolute Gasteiger partial charge is 0.191 e. The standard InChI is InChI=1S/C15H19BrN4S.HI/c1-10-6-13(16)5-4-12(10)8-19-15(17-3)20-9-14-18-7-11(2)21-14;/h4-7H,8-9H2,1-3H3,(H2,17,19,20);1H. The number of aryl methyl sites for hydroxylation is 2. The normalized spacial score (nSPS) is 11.0. The highest BCUT2D eigenvalue weighted by Crippen LogP contribution is 2.15. The molecule has 0 unspecified atom stereocenters. The third-order valence-electron chi connectivity index (χ3n) is 3.05. The minimum absolute atomic E-state index is 0. The first kappa shape index (κ1) is 19.4. The lowest BCUT2D eigenvalue weighted by atomic mass is 10.1. The Morgan fingerprint density at radius 1 is 1.27 bits per heavy atom. The Labute approximate surface area is 161 Å². The van der Waals surface area contributed by atoms with Gasteiger partial charge in [-0.25, -0.2) is 4.98 Å². The molecule has 0 bridgehead atoms. The second-order valence-electron chi connectivity index (χ2n) is 4.71. The molecular weight excluding hydrogens is 475 g/mol. The Morgan fingerprint density at radius 3 is 2.59 bits per heavy atom. The Balaban J connectivity index is 0.00000242. The van der Waals surface area contributed by atoms with E-state index in [0.29, 0.717) is 6.54 Å². The first-order chi connectivity index (χ1) is 10.1. The van der Waals surface area contributed by atoms with Crippen LogP contribution in [0.25, 0.3) is 0 Å². The quantitative estimate of drug-likeness (QED) is 0.383. The first-order valence-electron chi connectivity index (χ1n) is 6.69. The van der Waals surface area contributed by atoms with Crippen LogP contribution in [-0.2, 0) is 13.1 Å². The zero-order valence-electron chi connectivity index (χ0n) is 12.8. The molecule has 7 heteroatoms. The summed E-state index contributed by atoms with van der Waals surface area (Å²) in [6, 6.07) is 6.29. The van der Waals surface area contributed by atoms with Gasteiger partial charge in [-0.15, -0.1) is 35.3 Å². The van der Waals surface area contributed by atoms with Gasteiger partial charge in [-0.2, -0.15) is 0 Å². The highest BCUT2D eigenvalue weighted by molar-refractivity contribution is 14.0. The van der Waals surface area contributed by atoms with Gasteiger partial charge < -0.3 is 10.6 Å². The Kier molecular flexibility index (Phi) is 8.34. The van der Waals surface area contributed by atoms with Crippen molar-refractivity contribution in [2.45, 2.75) is 26.9 Å². The lowest BCUT2D eigenvalue weighted by Gasteiger charge is -2.12. The van der Waals surface area contributed by atoms with Crippen molar-refractivity contribution < 1.29 is 0 Å². The molecule has 0 aliphatic carbocycles. The van der Waals surface area contributed by atoms with E-state index in [2.05, 4.69) is 68.6 Å². The number of rotatable bonds is 4. The number of benzene rings is 1. The fourth-order valence-electron chi connectivity index (χ4n) is 1.90. The van der Waals surface area contributed by atoms with Crippen LogP contribution in [0.5, 0.6) is 0 Å². The van der Waals surface area contributed by atoms with Gasteiger partial charge in [0.1, 0.15) is 5.01 Å². The summed E-state index contributed by atoms with van der Waals surface area (Å²) >= 11 is 5.18. The minimum atomic E-state index is 0. The molecule has 0 spiro atoms. The number of nitrogens with one attached hydrogen (secondary N) is 2. The van der Waals surface area contributed by atoms with E-state index in [1.54, 1.807) is 18.4 Å². The lowest BCUT2D eigenvalue weighted by Crippen LogP contribution is -2.36. The molecule has 0 aliphatic heterocycles. The first-order valence-corrected chi connectivity index (χ1v) is 8.30. The molecule has 0 radical (unpaired) electrons. The van der Waals surface area contributed by atoms with E-state index in [1.807, 2.05) is 6.20 Å². The number of hydrogen-bond donors (Lipinski definition) is 2. The summed E-state index contributed by atoms with van der Waals surface area (Å²) in [6.45, 7) is 5.61. The molecule has 1 heterocycles. The van der Waals surface area contributed by atoms with Crippen LogP contribution in [-0.4, -0.2) is 18.0 Å². The number of guanidine groups is 1. The molecule has 120 valence electrons. The SMILES string of the molecule is CN=C(NCc1ncc(C)s1)NCc1ccc(Br)cc1C.I. The fraction of sp³-hybridized carbons (Fsp3) is 0.333. The van der Waals surface area contributed by atoms with E-state index < -0.39 is 0 Å². The molecule has 0 fully saturated rings. The number of halogens is 2. The molecule has 4 nitrogen and oxygen atoms in total. The molecule has 0 saturated heterocycles. The molecule has 1 aromatic heterocycles. The summed E-state index contributed by atoms with van der Waals surface area (Å²) in [6.07, 6.45) is 1.89. The van der Waals surface area contributed by atoms with Crippen LogP contribution in [0.3, 0.4) is 0 Å². The van der Waals surface area contributed by atoms with Gasteiger partial charge >= 0.3 is 0 Å². The number of thiazole rings is 1. The zero-order chi connectivity index (χ0) is 15.2. The van der Waals surface area contributed by atoms with Crippen LogP contribution in [0, 0.1) is 13.8 Å². The van der Waals surface area contributed by atoms with Crippen molar-refractivity contribution in [3.05, 3.63) is 49.9 Å². The average Bonchev–Trinajstić information content (AvgIpc) is 2.86. The van der Waals surface area contributed by atoms with Crippen molar-refractivity contribution >= 4 is 57.2 Å². The summed E-state index contributed by atoms with van der Waals surface area (Å²) in [5.74, 6) is 0.783. The third-order valence-corrected chi connectivity index (χ3v) is 4.46. The summed E-state index contributed by atoms with van der Waals surface area (Å²) in [5, 5.41) is 7.67. The predicted molar refractivity (Wildman–Crippen MR) is 108 cm³/mol. The van der Waals surface area contributed by atoms with Gasteiger partial charge in [0.05, 0.1) is 6.54 Å². The van der Waals surface area contributed by atoms with Crippen molar-refractivity contribution in [1.82, 2.24) is 15.6 Å². The number of hydrogen-bond acceptors (Lipinski definition) is 3. The highest BCUT2D eigenvalue weighted by atomic mass is 127. The summed E-state index contributed by atoms with van der Waals surface area (Å²) in [5.41, 5.74) is 2.51. The van der Waals surface area contributed by atoms with Gasteiger partial charge in [-0.05, 0) is 37.1 Å². The molecule has 22 heavy (non-hydrogen) atoms. The van der Waals surface area contributed by atoms with Crippen molar-refractivity contribution in [3.8, 4) is 0 Å². The van der Waals surface area contributed by atoms with E-state index in [4.69, 9.17) is 0 Å². The molecule has 1 aromatic carbocycles. The molecule has 0 aliphatic rings.